The van der Waals surface area contributed by atoms with Crippen molar-refractivity contribution in [3.8, 4) is 0 Å². The van der Waals surface area contributed by atoms with Gasteiger partial charge in [-0.2, -0.15) is 0 Å². The Kier molecular flexibility index (Phi) is 6.05. The van der Waals surface area contributed by atoms with Crippen LogP contribution in [0.15, 0.2) is 30.3 Å². The van der Waals surface area contributed by atoms with Crippen LogP contribution in [0.3, 0.4) is 0 Å². The average Bonchev–Trinajstić information content (AvgIpc) is 2.72. The highest BCUT2D eigenvalue weighted by Gasteiger charge is 2.24. The Morgan fingerprint density at radius 1 is 1.29 bits per heavy atom. The van der Waals surface area contributed by atoms with Crippen LogP contribution in [0.1, 0.15) is 32.6 Å². The number of aliphatic carboxylic acids is 1. The lowest BCUT2D eigenvalue weighted by Crippen LogP contribution is -2.40. The van der Waals surface area contributed by atoms with E-state index in [4.69, 9.17) is 0 Å². The predicted molar refractivity (Wildman–Crippen MR) is 85.8 cm³/mol. The number of carbonyl (C=O) groups is 1. The molecule has 0 bridgehead atoms. The maximum Gasteiger partial charge on any atom is 0.323 e. The molecule has 1 unspecified atom stereocenters. The van der Waals surface area contributed by atoms with Crippen LogP contribution >= 0.6 is 0 Å². The van der Waals surface area contributed by atoms with Gasteiger partial charge in [0.1, 0.15) is 6.54 Å². The second-order valence-electron chi connectivity index (χ2n) is 5.78. The highest BCUT2D eigenvalue weighted by molar-refractivity contribution is 5.74. The fourth-order valence-corrected chi connectivity index (χ4v) is 3.19. The van der Waals surface area contributed by atoms with Crippen LogP contribution in [0.4, 0.5) is 5.69 Å². The number of carboxylic acid groups (broad SMARTS) is 1. The highest BCUT2D eigenvalue weighted by atomic mass is 16.4. The Balaban J connectivity index is 2.08. The fourth-order valence-electron chi connectivity index (χ4n) is 3.19. The van der Waals surface area contributed by atoms with Crippen LogP contribution in [0.25, 0.3) is 0 Å². The Hall–Kier alpha value is -1.55. The lowest BCUT2D eigenvalue weighted by atomic mass is 10.1. The molecule has 1 heterocycles. The van der Waals surface area contributed by atoms with Crippen molar-refractivity contribution in [2.45, 2.75) is 38.6 Å². The van der Waals surface area contributed by atoms with Crippen molar-refractivity contribution in [1.29, 1.82) is 0 Å². The number of anilines is 1. The molecule has 4 nitrogen and oxygen atoms in total. The van der Waals surface area contributed by atoms with Crippen molar-refractivity contribution in [2.75, 3.05) is 31.1 Å². The predicted octanol–water partition coefficient (Wildman–Crippen LogP) is 2.84. The smallest absolute Gasteiger partial charge is 0.323 e. The number of nitrogens with zero attached hydrogens (tertiary/aromatic N) is 2. The van der Waals surface area contributed by atoms with Crippen molar-refractivity contribution in [3.63, 3.8) is 0 Å². The largest absolute Gasteiger partial charge is 0.480 e. The summed E-state index contributed by atoms with van der Waals surface area (Å²) >= 11 is 0. The van der Waals surface area contributed by atoms with Crippen LogP contribution in [0.2, 0.25) is 0 Å². The molecule has 0 radical (unpaired) electrons. The van der Waals surface area contributed by atoms with Gasteiger partial charge in [0.25, 0.3) is 0 Å². The molecule has 4 heteroatoms. The van der Waals surface area contributed by atoms with Gasteiger partial charge < -0.3 is 14.9 Å². The molecular weight excluding hydrogens is 264 g/mol. The third-order valence-corrected chi connectivity index (χ3v) is 4.16. The van der Waals surface area contributed by atoms with E-state index < -0.39 is 5.97 Å². The van der Waals surface area contributed by atoms with Gasteiger partial charge in [0.2, 0.25) is 0 Å². The van der Waals surface area contributed by atoms with Gasteiger partial charge in [0.05, 0.1) is 0 Å². The van der Waals surface area contributed by atoms with Crippen LogP contribution < -0.4 is 4.90 Å². The van der Waals surface area contributed by atoms with Gasteiger partial charge >= 0.3 is 5.97 Å². The zero-order valence-corrected chi connectivity index (χ0v) is 12.9. The first-order chi connectivity index (χ1) is 10.2. The molecule has 2 rings (SSSR count). The molecule has 1 fully saturated rings. The molecular formula is C17H26N2O2. The van der Waals surface area contributed by atoms with Crippen LogP contribution in [-0.4, -0.2) is 48.2 Å². The standard InChI is InChI=1S/C17H26N2O2/c1-2-11-18-12-6-9-16(10-13-18)19(14-17(20)21)15-7-4-3-5-8-15/h3-5,7-8,16H,2,6,9-14H2,1H3,(H,20,21). The summed E-state index contributed by atoms with van der Waals surface area (Å²) in [7, 11) is 0. The van der Waals surface area contributed by atoms with Gasteiger partial charge in [0, 0.05) is 18.3 Å². The van der Waals surface area contributed by atoms with E-state index in [9.17, 15) is 9.90 Å². The Labute approximate surface area is 127 Å². The lowest BCUT2D eigenvalue weighted by molar-refractivity contribution is -0.135. The van der Waals surface area contributed by atoms with Crippen molar-refractivity contribution >= 4 is 11.7 Å². The molecule has 1 aliphatic rings. The topological polar surface area (TPSA) is 43.8 Å². The van der Waals surface area contributed by atoms with Crippen molar-refractivity contribution in [2.24, 2.45) is 0 Å². The fraction of sp³-hybridized carbons (Fsp3) is 0.588. The Morgan fingerprint density at radius 2 is 2.05 bits per heavy atom. The van der Waals surface area contributed by atoms with E-state index in [1.807, 2.05) is 30.3 Å². The van der Waals surface area contributed by atoms with Crippen molar-refractivity contribution in [3.05, 3.63) is 30.3 Å². The Morgan fingerprint density at radius 3 is 2.71 bits per heavy atom. The molecule has 1 aromatic carbocycles. The number of likely N-dealkylation sites (tertiary alicyclic amines) is 1. The minimum atomic E-state index is -0.756. The summed E-state index contributed by atoms with van der Waals surface area (Å²) in [4.78, 5) is 15.8. The Bertz CT molecular complexity index is 436. The molecule has 0 aromatic heterocycles. The summed E-state index contributed by atoms with van der Waals surface area (Å²) in [5, 5.41) is 9.23. The molecule has 21 heavy (non-hydrogen) atoms. The minimum Gasteiger partial charge on any atom is -0.480 e. The van der Waals surface area contributed by atoms with Crippen molar-refractivity contribution in [1.82, 2.24) is 4.90 Å². The summed E-state index contributed by atoms with van der Waals surface area (Å²) in [6, 6.07) is 10.3. The van der Waals surface area contributed by atoms with Crippen molar-refractivity contribution < 1.29 is 9.90 Å². The number of hydrogen-bond acceptors (Lipinski definition) is 3. The molecule has 0 amide bonds. The third kappa shape index (κ3) is 4.74. The first-order valence-electron chi connectivity index (χ1n) is 7.96. The molecule has 0 aliphatic carbocycles. The quantitative estimate of drug-likeness (QED) is 0.875. The maximum absolute atomic E-state index is 11.2. The summed E-state index contributed by atoms with van der Waals surface area (Å²) in [6.07, 6.45) is 4.44. The number of carboxylic acids is 1. The monoisotopic (exact) mass is 290 g/mol. The van der Waals surface area contributed by atoms with Gasteiger partial charge in [-0.3, -0.25) is 4.79 Å². The molecule has 1 N–H and O–H groups in total. The summed E-state index contributed by atoms with van der Waals surface area (Å²) in [5.74, 6) is -0.756. The van der Waals surface area contributed by atoms with E-state index in [0.29, 0.717) is 6.04 Å². The van der Waals surface area contributed by atoms with E-state index in [0.717, 1.165) is 44.6 Å². The van der Waals surface area contributed by atoms with Crippen LogP contribution in [0, 0.1) is 0 Å². The number of rotatable bonds is 6. The highest BCUT2D eigenvalue weighted by Crippen LogP contribution is 2.23. The number of para-hydroxylation sites is 1. The average molecular weight is 290 g/mol. The second kappa shape index (κ2) is 8.03. The van der Waals surface area contributed by atoms with Gasteiger partial charge in [-0.25, -0.2) is 0 Å². The molecule has 116 valence electrons. The summed E-state index contributed by atoms with van der Waals surface area (Å²) in [5.41, 5.74) is 1.02. The summed E-state index contributed by atoms with van der Waals surface area (Å²) < 4.78 is 0. The first kappa shape index (κ1) is 15.8. The molecule has 1 aliphatic heterocycles. The number of benzene rings is 1. The first-order valence-corrected chi connectivity index (χ1v) is 7.96. The second-order valence-corrected chi connectivity index (χ2v) is 5.78. The lowest BCUT2D eigenvalue weighted by Gasteiger charge is -2.32. The van der Waals surface area contributed by atoms with Crippen LogP contribution in [-0.2, 0) is 4.79 Å². The molecule has 1 atom stereocenters. The van der Waals surface area contributed by atoms with E-state index in [-0.39, 0.29) is 6.54 Å². The van der Waals surface area contributed by atoms with E-state index in [2.05, 4.69) is 16.7 Å². The van der Waals surface area contributed by atoms with Gasteiger partial charge in [-0.1, -0.05) is 25.1 Å². The number of hydrogen-bond donors (Lipinski definition) is 1. The van der Waals surface area contributed by atoms with Gasteiger partial charge in [0.15, 0.2) is 0 Å². The SMILES string of the molecule is CCCN1CCCC(N(CC(=O)O)c2ccccc2)CC1. The minimum absolute atomic E-state index is 0.0858. The normalized spacial score (nSPS) is 20.0. The molecule has 1 aromatic rings. The van der Waals surface area contributed by atoms with Gasteiger partial charge in [-0.15, -0.1) is 0 Å². The zero-order valence-electron chi connectivity index (χ0n) is 12.9. The third-order valence-electron chi connectivity index (χ3n) is 4.16. The molecule has 0 saturated carbocycles. The summed E-state index contributed by atoms with van der Waals surface area (Å²) in [6.45, 7) is 5.66. The molecule has 0 spiro atoms. The van der Waals surface area contributed by atoms with E-state index in [1.54, 1.807) is 0 Å². The molecule has 1 saturated heterocycles. The van der Waals surface area contributed by atoms with E-state index in [1.165, 1.54) is 6.42 Å². The zero-order chi connectivity index (χ0) is 15.1. The van der Waals surface area contributed by atoms with Gasteiger partial charge in [-0.05, 0) is 50.9 Å². The maximum atomic E-state index is 11.2. The van der Waals surface area contributed by atoms with E-state index >= 15 is 0 Å². The van der Waals surface area contributed by atoms with Crippen LogP contribution in [0.5, 0.6) is 0 Å².